The number of imidazole rings is 1. The third-order valence-electron chi connectivity index (χ3n) is 7.18. The zero-order valence-electron chi connectivity index (χ0n) is 16.4. The zero-order chi connectivity index (χ0) is 18.6. The summed E-state index contributed by atoms with van der Waals surface area (Å²) < 4.78 is 2.13. The molecule has 4 atom stereocenters. The Balaban J connectivity index is 1.49. The standard InChI is InChI=1S/C21H33N3O2/c1-4-19-5-16-6-20(11-19,13-21(26,7-16)12-19)18(25)23-9-17-8-22-14-24(17)10-15(2)3/h8,14-16,26H,4-7,9-13H2,1-3H3,(H,23,25). The molecule has 0 aromatic carbocycles. The van der Waals surface area contributed by atoms with Gasteiger partial charge in [-0.1, -0.05) is 27.2 Å². The van der Waals surface area contributed by atoms with E-state index in [-0.39, 0.29) is 16.7 Å². The molecule has 1 aromatic rings. The minimum Gasteiger partial charge on any atom is -0.390 e. The number of nitrogens with one attached hydrogen (secondary N) is 1. The molecule has 1 aromatic heterocycles. The Morgan fingerprint density at radius 3 is 2.85 bits per heavy atom. The van der Waals surface area contributed by atoms with Crippen molar-refractivity contribution in [3.05, 3.63) is 18.2 Å². The van der Waals surface area contributed by atoms with Gasteiger partial charge in [-0.05, 0) is 55.8 Å². The highest BCUT2D eigenvalue weighted by Crippen LogP contribution is 2.67. The number of hydrogen-bond acceptors (Lipinski definition) is 3. The molecule has 0 aliphatic heterocycles. The highest BCUT2D eigenvalue weighted by molar-refractivity contribution is 5.83. The molecule has 0 saturated heterocycles. The van der Waals surface area contributed by atoms with E-state index in [0.29, 0.717) is 24.8 Å². The summed E-state index contributed by atoms with van der Waals surface area (Å²) in [6.45, 7) is 8.03. The van der Waals surface area contributed by atoms with E-state index in [1.165, 1.54) is 6.42 Å². The van der Waals surface area contributed by atoms with Crippen LogP contribution in [0.3, 0.4) is 0 Å². The maximum absolute atomic E-state index is 13.3. The SMILES string of the molecule is CCC12CC3CC(O)(C1)CC(C(=O)NCc1cncn1CC(C)C)(C3)C2. The fraction of sp³-hybridized carbons (Fsp3) is 0.810. The topological polar surface area (TPSA) is 67.2 Å². The Morgan fingerprint density at radius 1 is 1.35 bits per heavy atom. The lowest BCUT2D eigenvalue weighted by molar-refractivity contribution is -0.204. The molecule has 4 fully saturated rings. The summed E-state index contributed by atoms with van der Waals surface area (Å²) in [7, 11) is 0. The molecule has 4 bridgehead atoms. The average molecular weight is 360 g/mol. The highest BCUT2D eigenvalue weighted by Gasteiger charge is 2.64. The molecular formula is C21H33N3O2. The van der Waals surface area contributed by atoms with Crippen molar-refractivity contribution in [1.29, 1.82) is 0 Å². The monoisotopic (exact) mass is 359 g/mol. The van der Waals surface area contributed by atoms with E-state index in [9.17, 15) is 9.90 Å². The van der Waals surface area contributed by atoms with Gasteiger partial charge in [0.2, 0.25) is 5.91 Å². The van der Waals surface area contributed by atoms with Crippen LogP contribution in [0.4, 0.5) is 0 Å². The lowest BCUT2D eigenvalue weighted by Crippen LogP contribution is -2.63. The van der Waals surface area contributed by atoms with Gasteiger partial charge in [-0.15, -0.1) is 0 Å². The maximum Gasteiger partial charge on any atom is 0.226 e. The van der Waals surface area contributed by atoms with Crippen LogP contribution in [0.5, 0.6) is 0 Å². The van der Waals surface area contributed by atoms with E-state index in [1.54, 1.807) is 0 Å². The fourth-order valence-corrected chi connectivity index (χ4v) is 6.64. The van der Waals surface area contributed by atoms with Crippen LogP contribution < -0.4 is 5.32 Å². The van der Waals surface area contributed by atoms with Crippen LogP contribution in [-0.4, -0.2) is 26.2 Å². The predicted molar refractivity (Wildman–Crippen MR) is 100 cm³/mol. The van der Waals surface area contributed by atoms with Crippen LogP contribution in [0.1, 0.15) is 71.4 Å². The molecule has 5 nitrogen and oxygen atoms in total. The largest absolute Gasteiger partial charge is 0.390 e. The van der Waals surface area contributed by atoms with Gasteiger partial charge in [0.15, 0.2) is 0 Å². The smallest absolute Gasteiger partial charge is 0.226 e. The summed E-state index contributed by atoms with van der Waals surface area (Å²) in [6.07, 6.45) is 10.3. The molecule has 144 valence electrons. The number of carbonyl (C=O) groups is 1. The first-order valence-corrected chi connectivity index (χ1v) is 10.3. The van der Waals surface area contributed by atoms with Crippen molar-refractivity contribution < 1.29 is 9.90 Å². The first kappa shape index (κ1) is 18.0. The van der Waals surface area contributed by atoms with Crippen LogP contribution in [0.2, 0.25) is 0 Å². The summed E-state index contributed by atoms with van der Waals surface area (Å²) in [5.74, 6) is 1.20. The van der Waals surface area contributed by atoms with Crippen molar-refractivity contribution in [1.82, 2.24) is 14.9 Å². The van der Waals surface area contributed by atoms with Crippen LogP contribution in [0.25, 0.3) is 0 Å². The van der Waals surface area contributed by atoms with E-state index in [4.69, 9.17) is 0 Å². The first-order chi connectivity index (χ1) is 12.3. The summed E-state index contributed by atoms with van der Waals surface area (Å²) in [5.41, 5.74) is 0.241. The summed E-state index contributed by atoms with van der Waals surface area (Å²) in [6, 6.07) is 0. The minimum atomic E-state index is -0.619. The molecule has 0 radical (unpaired) electrons. The van der Waals surface area contributed by atoms with Crippen molar-refractivity contribution >= 4 is 5.91 Å². The highest BCUT2D eigenvalue weighted by atomic mass is 16.3. The van der Waals surface area contributed by atoms with Crippen LogP contribution >= 0.6 is 0 Å². The van der Waals surface area contributed by atoms with Gasteiger partial charge in [-0.2, -0.15) is 0 Å². The quantitative estimate of drug-likeness (QED) is 0.819. The van der Waals surface area contributed by atoms with Gasteiger partial charge in [0.25, 0.3) is 0 Å². The van der Waals surface area contributed by atoms with Crippen molar-refractivity contribution in [3.63, 3.8) is 0 Å². The molecule has 5 heteroatoms. The fourth-order valence-electron chi connectivity index (χ4n) is 6.64. The lowest BCUT2D eigenvalue weighted by atomic mass is 9.42. The van der Waals surface area contributed by atoms with Crippen LogP contribution in [0.15, 0.2) is 12.5 Å². The second-order valence-corrected chi connectivity index (χ2v) is 9.98. The van der Waals surface area contributed by atoms with E-state index in [1.807, 2.05) is 12.5 Å². The molecule has 0 spiro atoms. The molecule has 1 heterocycles. The maximum atomic E-state index is 13.3. The van der Waals surface area contributed by atoms with Crippen molar-refractivity contribution in [2.75, 3.05) is 0 Å². The van der Waals surface area contributed by atoms with E-state index in [0.717, 1.165) is 44.3 Å². The lowest BCUT2D eigenvalue weighted by Gasteiger charge is -2.64. The van der Waals surface area contributed by atoms with Crippen molar-refractivity contribution in [3.8, 4) is 0 Å². The average Bonchev–Trinajstić information content (AvgIpc) is 2.96. The van der Waals surface area contributed by atoms with Gasteiger partial charge in [0, 0.05) is 12.7 Å². The Bertz CT molecular complexity index is 699. The molecule has 5 rings (SSSR count). The molecular weight excluding hydrogens is 326 g/mol. The summed E-state index contributed by atoms with van der Waals surface area (Å²) in [5, 5.41) is 14.3. The molecule has 4 aliphatic carbocycles. The van der Waals surface area contributed by atoms with Gasteiger partial charge < -0.3 is 15.0 Å². The molecule has 4 unspecified atom stereocenters. The Morgan fingerprint density at radius 2 is 2.15 bits per heavy atom. The second-order valence-electron chi connectivity index (χ2n) is 9.98. The number of aromatic nitrogens is 2. The third-order valence-corrected chi connectivity index (χ3v) is 7.18. The predicted octanol–water partition coefficient (Wildman–Crippen LogP) is 3.27. The van der Waals surface area contributed by atoms with E-state index < -0.39 is 5.60 Å². The molecule has 1 amide bonds. The number of carbonyl (C=O) groups excluding carboxylic acids is 1. The van der Waals surface area contributed by atoms with Gasteiger partial charge >= 0.3 is 0 Å². The van der Waals surface area contributed by atoms with Crippen LogP contribution in [0, 0.1) is 22.7 Å². The second kappa shape index (κ2) is 6.08. The summed E-state index contributed by atoms with van der Waals surface area (Å²) in [4.78, 5) is 17.5. The molecule has 4 aliphatic rings. The number of aliphatic hydroxyl groups is 1. The molecule has 4 saturated carbocycles. The normalized spacial score (nSPS) is 38.1. The number of hydrogen-bond donors (Lipinski definition) is 2. The number of rotatable bonds is 6. The van der Waals surface area contributed by atoms with Gasteiger partial charge in [-0.3, -0.25) is 4.79 Å². The van der Waals surface area contributed by atoms with E-state index in [2.05, 4.69) is 35.6 Å². The molecule has 2 N–H and O–H groups in total. The third kappa shape index (κ3) is 2.98. The van der Waals surface area contributed by atoms with Gasteiger partial charge in [0.1, 0.15) is 0 Å². The number of nitrogens with zero attached hydrogens (tertiary/aromatic N) is 2. The van der Waals surface area contributed by atoms with Gasteiger partial charge in [0.05, 0.1) is 29.6 Å². The Kier molecular flexibility index (Phi) is 4.22. The van der Waals surface area contributed by atoms with Crippen LogP contribution in [-0.2, 0) is 17.9 Å². The van der Waals surface area contributed by atoms with Crippen molar-refractivity contribution in [2.24, 2.45) is 22.7 Å². The first-order valence-electron chi connectivity index (χ1n) is 10.3. The molecule has 26 heavy (non-hydrogen) atoms. The summed E-state index contributed by atoms with van der Waals surface area (Å²) >= 11 is 0. The van der Waals surface area contributed by atoms with Crippen molar-refractivity contribution in [2.45, 2.75) is 84.4 Å². The van der Waals surface area contributed by atoms with Gasteiger partial charge in [-0.25, -0.2) is 4.98 Å². The number of amides is 1. The van der Waals surface area contributed by atoms with E-state index >= 15 is 0 Å². The Hall–Kier alpha value is -1.36. The zero-order valence-corrected chi connectivity index (χ0v) is 16.4. The minimum absolute atomic E-state index is 0.148. The Labute approximate surface area is 156 Å².